The van der Waals surface area contributed by atoms with Crippen molar-refractivity contribution in [3.05, 3.63) is 15.9 Å². The van der Waals surface area contributed by atoms with E-state index in [4.69, 9.17) is 0 Å². The van der Waals surface area contributed by atoms with Gasteiger partial charge in [-0.2, -0.15) is 18.3 Å². The highest BCUT2D eigenvalue weighted by atomic mass is 79.9. The summed E-state index contributed by atoms with van der Waals surface area (Å²) >= 11 is 3.49. The number of thioether (sulfide) groups is 1. The molecule has 0 amide bonds. The minimum atomic E-state index is -4.15. The second-order valence-electron chi connectivity index (χ2n) is 3.85. The molecule has 0 saturated heterocycles. The molecule has 1 rings (SSSR count). The van der Waals surface area contributed by atoms with E-state index in [1.807, 2.05) is 18.5 Å². The third-order valence-corrected chi connectivity index (χ3v) is 4.18. The Morgan fingerprint density at radius 1 is 1.37 bits per heavy atom. The van der Waals surface area contributed by atoms with Gasteiger partial charge in [0.2, 0.25) is 0 Å². The van der Waals surface area contributed by atoms with Gasteiger partial charge in [0.1, 0.15) is 0 Å². The summed E-state index contributed by atoms with van der Waals surface area (Å²) < 4.78 is 38.7. The summed E-state index contributed by atoms with van der Waals surface area (Å²) in [6.45, 7) is 5.58. The molecule has 0 unspecified atom stereocenters. The molecule has 0 atom stereocenters. The Bertz CT molecular complexity index is 407. The van der Waals surface area contributed by atoms with Crippen LogP contribution in [-0.2, 0) is 19.5 Å². The molecule has 8 heteroatoms. The van der Waals surface area contributed by atoms with Gasteiger partial charge in [0, 0.05) is 25.4 Å². The van der Waals surface area contributed by atoms with Gasteiger partial charge >= 0.3 is 5.51 Å². The van der Waals surface area contributed by atoms with Crippen LogP contribution in [0.4, 0.5) is 13.2 Å². The van der Waals surface area contributed by atoms with Crippen molar-refractivity contribution in [3.8, 4) is 0 Å². The minimum Gasteiger partial charge on any atom is -0.310 e. The Morgan fingerprint density at radius 2 is 2.05 bits per heavy atom. The Morgan fingerprint density at radius 3 is 2.58 bits per heavy atom. The Balaban J connectivity index is 2.47. The van der Waals surface area contributed by atoms with Gasteiger partial charge in [-0.05, 0) is 41.0 Å². The van der Waals surface area contributed by atoms with Crippen molar-refractivity contribution in [2.24, 2.45) is 0 Å². The smallest absolute Gasteiger partial charge is 0.310 e. The average Bonchev–Trinajstić information content (AvgIpc) is 2.64. The molecule has 1 heterocycles. The van der Waals surface area contributed by atoms with Crippen molar-refractivity contribution in [2.75, 3.05) is 12.3 Å². The first-order valence-electron chi connectivity index (χ1n) is 6.04. The molecule has 1 aromatic heterocycles. The van der Waals surface area contributed by atoms with Crippen LogP contribution in [0, 0.1) is 0 Å². The van der Waals surface area contributed by atoms with Gasteiger partial charge in [-0.1, -0.05) is 6.92 Å². The highest BCUT2D eigenvalue weighted by Crippen LogP contribution is 2.29. The van der Waals surface area contributed by atoms with Gasteiger partial charge in [-0.15, -0.1) is 0 Å². The topological polar surface area (TPSA) is 29.9 Å². The van der Waals surface area contributed by atoms with Gasteiger partial charge < -0.3 is 5.32 Å². The number of hydrogen-bond donors (Lipinski definition) is 1. The molecular formula is C11H17BrF3N3S. The molecule has 0 saturated carbocycles. The summed E-state index contributed by atoms with van der Waals surface area (Å²) in [4.78, 5) is 0. The molecule has 0 aliphatic carbocycles. The van der Waals surface area contributed by atoms with Crippen LogP contribution >= 0.6 is 27.7 Å². The Kier molecular flexibility index (Phi) is 6.68. The van der Waals surface area contributed by atoms with Crippen LogP contribution in [0.2, 0.25) is 0 Å². The lowest BCUT2D eigenvalue weighted by atomic mass is 10.3. The van der Waals surface area contributed by atoms with Gasteiger partial charge in [-0.3, -0.25) is 4.68 Å². The first kappa shape index (κ1) is 16.8. The molecule has 0 aliphatic heterocycles. The van der Waals surface area contributed by atoms with Crippen LogP contribution in [0.3, 0.4) is 0 Å². The van der Waals surface area contributed by atoms with E-state index >= 15 is 0 Å². The van der Waals surface area contributed by atoms with Crippen molar-refractivity contribution in [2.45, 2.75) is 38.9 Å². The minimum absolute atomic E-state index is 0.00407. The van der Waals surface area contributed by atoms with E-state index in [1.54, 1.807) is 0 Å². The summed E-state index contributed by atoms with van der Waals surface area (Å²) in [6.07, 6.45) is 0.824. The van der Waals surface area contributed by atoms with E-state index < -0.39 is 5.51 Å². The van der Waals surface area contributed by atoms with Crippen LogP contribution in [0.25, 0.3) is 0 Å². The zero-order chi connectivity index (χ0) is 14.5. The molecule has 1 N–H and O–H groups in total. The highest BCUT2D eigenvalue weighted by molar-refractivity contribution is 9.10. The van der Waals surface area contributed by atoms with Gasteiger partial charge in [0.25, 0.3) is 0 Å². The number of halogens is 4. The number of hydrogen-bond acceptors (Lipinski definition) is 3. The molecule has 0 spiro atoms. The van der Waals surface area contributed by atoms with Crippen molar-refractivity contribution >= 4 is 27.7 Å². The molecule has 0 radical (unpaired) electrons. The van der Waals surface area contributed by atoms with E-state index in [2.05, 4.69) is 26.3 Å². The molecule has 110 valence electrons. The fraction of sp³-hybridized carbons (Fsp3) is 0.727. The number of aromatic nitrogens is 2. The molecule has 0 bridgehead atoms. The molecule has 0 aromatic carbocycles. The maximum Gasteiger partial charge on any atom is 0.441 e. The van der Waals surface area contributed by atoms with Crippen molar-refractivity contribution in [1.29, 1.82) is 0 Å². The number of aryl methyl sites for hydroxylation is 2. The van der Waals surface area contributed by atoms with Crippen LogP contribution in [-0.4, -0.2) is 27.6 Å². The zero-order valence-corrected chi connectivity index (χ0v) is 13.3. The fourth-order valence-corrected chi connectivity index (χ4v) is 2.81. The predicted octanol–water partition coefficient (Wildman–Crippen LogP) is 3.57. The largest absolute Gasteiger partial charge is 0.441 e. The number of nitrogens with zero attached hydrogens (tertiary/aromatic N) is 2. The second kappa shape index (κ2) is 7.54. The lowest BCUT2D eigenvalue weighted by molar-refractivity contribution is -0.0327. The standard InChI is InChI=1S/C11H17BrF3N3S/c1-3-8-10(12)9(18(4-2)17-8)7-16-5-6-19-11(13,14)15/h16H,3-7H2,1-2H3. The zero-order valence-electron chi connectivity index (χ0n) is 10.9. The van der Waals surface area contributed by atoms with Crippen LogP contribution in [0.1, 0.15) is 25.2 Å². The van der Waals surface area contributed by atoms with Crippen molar-refractivity contribution < 1.29 is 13.2 Å². The van der Waals surface area contributed by atoms with Gasteiger partial charge in [-0.25, -0.2) is 0 Å². The molecule has 3 nitrogen and oxygen atoms in total. The first-order chi connectivity index (χ1) is 8.89. The summed E-state index contributed by atoms with van der Waals surface area (Å²) in [5.74, 6) is 0.0159. The molecule has 0 aliphatic rings. The predicted molar refractivity (Wildman–Crippen MR) is 75.2 cm³/mol. The quantitative estimate of drug-likeness (QED) is 0.754. The van der Waals surface area contributed by atoms with E-state index in [0.717, 1.165) is 28.8 Å². The maximum atomic E-state index is 12.0. The van der Waals surface area contributed by atoms with Gasteiger partial charge in [0.15, 0.2) is 0 Å². The molecular weight excluding hydrogens is 343 g/mol. The average molecular weight is 360 g/mol. The number of rotatable bonds is 7. The lowest BCUT2D eigenvalue weighted by Crippen LogP contribution is -2.20. The summed E-state index contributed by atoms with van der Waals surface area (Å²) in [5.41, 5.74) is -2.19. The van der Waals surface area contributed by atoms with Crippen molar-refractivity contribution in [1.82, 2.24) is 15.1 Å². The monoisotopic (exact) mass is 359 g/mol. The maximum absolute atomic E-state index is 12.0. The Hall–Kier alpha value is -0.210. The normalized spacial score (nSPS) is 12.1. The van der Waals surface area contributed by atoms with E-state index in [1.165, 1.54) is 0 Å². The van der Waals surface area contributed by atoms with Crippen LogP contribution < -0.4 is 5.32 Å². The third-order valence-electron chi connectivity index (χ3n) is 2.53. The van der Waals surface area contributed by atoms with Crippen LogP contribution in [0.5, 0.6) is 0 Å². The van der Waals surface area contributed by atoms with Gasteiger partial charge in [0.05, 0.1) is 15.9 Å². The summed E-state index contributed by atoms with van der Waals surface area (Å²) in [6, 6.07) is 0. The fourth-order valence-electron chi connectivity index (χ4n) is 1.63. The SMILES string of the molecule is CCc1nn(CC)c(CNCCSC(F)(F)F)c1Br. The Labute approximate surface area is 123 Å². The van der Waals surface area contributed by atoms with E-state index in [-0.39, 0.29) is 17.5 Å². The third kappa shape index (κ3) is 5.35. The van der Waals surface area contributed by atoms with Crippen LogP contribution in [0.15, 0.2) is 4.47 Å². The number of nitrogens with one attached hydrogen (secondary N) is 1. The van der Waals surface area contributed by atoms with E-state index in [0.29, 0.717) is 13.1 Å². The lowest BCUT2D eigenvalue weighted by Gasteiger charge is -2.08. The molecule has 1 aromatic rings. The second-order valence-corrected chi connectivity index (χ2v) is 5.80. The highest BCUT2D eigenvalue weighted by Gasteiger charge is 2.27. The van der Waals surface area contributed by atoms with Crippen molar-refractivity contribution in [3.63, 3.8) is 0 Å². The summed E-state index contributed by atoms with van der Waals surface area (Å²) in [5, 5.41) is 7.45. The van der Waals surface area contributed by atoms with E-state index in [9.17, 15) is 13.2 Å². The molecule has 19 heavy (non-hydrogen) atoms. The first-order valence-corrected chi connectivity index (χ1v) is 7.82. The molecule has 0 fully saturated rings. The summed E-state index contributed by atoms with van der Waals surface area (Å²) in [7, 11) is 0. The number of alkyl halides is 3.